The molecule has 0 spiro atoms. The molecule has 0 radical (unpaired) electrons. The Bertz CT molecular complexity index is 724. The number of anilines is 1. The molecule has 2 rings (SSSR count). The predicted molar refractivity (Wildman–Crippen MR) is 74.4 cm³/mol. The highest BCUT2D eigenvalue weighted by atomic mass is 32.2. The molecule has 20 heavy (non-hydrogen) atoms. The number of nitrogen functional groups attached to an aromatic ring is 1. The molecule has 8 heteroatoms. The number of nitrogens with two attached hydrogens (primary N) is 1. The third kappa shape index (κ3) is 2.61. The number of benzene rings is 1. The van der Waals surface area contributed by atoms with Gasteiger partial charge >= 0.3 is 0 Å². The number of phenols is 1. The van der Waals surface area contributed by atoms with Gasteiger partial charge in [-0.1, -0.05) is 0 Å². The van der Waals surface area contributed by atoms with Crippen molar-refractivity contribution in [2.75, 3.05) is 12.8 Å². The smallest absolute Gasteiger partial charge is 0.243 e. The minimum Gasteiger partial charge on any atom is -0.506 e. The Hall–Kier alpha value is -2.06. The van der Waals surface area contributed by atoms with E-state index in [2.05, 4.69) is 4.98 Å². The van der Waals surface area contributed by atoms with Gasteiger partial charge in [-0.3, -0.25) is 0 Å². The second-order valence-corrected chi connectivity index (χ2v) is 6.48. The van der Waals surface area contributed by atoms with Gasteiger partial charge in [0.05, 0.1) is 17.1 Å². The van der Waals surface area contributed by atoms with Gasteiger partial charge < -0.3 is 15.4 Å². The van der Waals surface area contributed by atoms with Crippen LogP contribution >= 0.6 is 0 Å². The molecule has 0 unspecified atom stereocenters. The lowest BCUT2D eigenvalue weighted by molar-refractivity contribution is 0.450. The number of sulfonamides is 1. The summed E-state index contributed by atoms with van der Waals surface area (Å²) in [6.45, 7) is 0.145. The number of aromatic nitrogens is 2. The maximum Gasteiger partial charge on any atom is 0.243 e. The average Bonchev–Trinajstić information content (AvgIpc) is 2.78. The summed E-state index contributed by atoms with van der Waals surface area (Å²) in [5.41, 5.74) is 5.55. The highest BCUT2D eigenvalue weighted by molar-refractivity contribution is 7.89. The lowest BCUT2D eigenvalue weighted by Crippen LogP contribution is -2.27. The molecule has 1 heterocycles. The van der Waals surface area contributed by atoms with E-state index in [1.54, 1.807) is 24.0 Å². The van der Waals surface area contributed by atoms with E-state index in [1.165, 1.54) is 29.6 Å². The van der Waals surface area contributed by atoms with E-state index >= 15 is 0 Å². The van der Waals surface area contributed by atoms with E-state index in [0.29, 0.717) is 5.82 Å². The molecule has 0 atom stereocenters. The fourth-order valence-corrected chi connectivity index (χ4v) is 2.87. The van der Waals surface area contributed by atoms with Crippen molar-refractivity contribution in [3.63, 3.8) is 0 Å². The first-order valence-corrected chi connectivity index (χ1v) is 7.27. The van der Waals surface area contributed by atoms with Crippen LogP contribution in [-0.2, 0) is 23.6 Å². The molecule has 0 aliphatic carbocycles. The van der Waals surface area contributed by atoms with E-state index in [9.17, 15) is 13.5 Å². The Morgan fingerprint density at radius 1 is 1.45 bits per heavy atom. The molecule has 7 nitrogen and oxygen atoms in total. The molecule has 1 aromatic heterocycles. The number of imidazole rings is 1. The van der Waals surface area contributed by atoms with E-state index in [4.69, 9.17) is 5.73 Å². The van der Waals surface area contributed by atoms with Crippen molar-refractivity contribution in [2.24, 2.45) is 7.05 Å². The zero-order valence-corrected chi connectivity index (χ0v) is 12.0. The van der Waals surface area contributed by atoms with Crippen LogP contribution in [0.2, 0.25) is 0 Å². The van der Waals surface area contributed by atoms with Crippen molar-refractivity contribution in [1.29, 1.82) is 0 Å². The first-order valence-electron chi connectivity index (χ1n) is 5.83. The lowest BCUT2D eigenvalue weighted by atomic mass is 10.3. The summed E-state index contributed by atoms with van der Waals surface area (Å²) >= 11 is 0. The second-order valence-electron chi connectivity index (χ2n) is 4.44. The number of aryl methyl sites for hydroxylation is 1. The molecule has 0 fully saturated rings. The fraction of sp³-hybridized carbons (Fsp3) is 0.250. The van der Waals surface area contributed by atoms with Gasteiger partial charge in [0.15, 0.2) is 0 Å². The Morgan fingerprint density at radius 2 is 2.15 bits per heavy atom. The summed E-state index contributed by atoms with van der Waals surface area (Å²) in [5, 5.41) is 9.35. The lowest BCUT2D eigenvalue weighted by Gasteiger charge is -2.17. The van der Waals surface area contributed by atoms with Crippen LogP contribution in [0.15, 0.2) is 35.5 Å². The highest BCUT2D eigenvalue weighted by Crippen LogP contribution is 2.25. The molecular weight excluding hydrogens is 280 g/mol. The van der Waals surface area contributed by atoms with Crippen molar-refractivity contribution in [2.45, 2.75) is 11.4 Å². The molecule has 0 saturated carbocycles. The molecule has 3 N–H and O–H groups in total. The summed E-state index contributed by atoms with van der Waals surface area (Å²) in [5.74, 6) is 0.485. The Kier molecular flexibility index (Phi) is 3.69. The summed E-state index contributed by atoms with van der Waals surface area (Å²) in [6.07, 6.45) is 3.35. The Morgan fingerprint density at radius 3 is 2.70 bits per heavy atom. The Balaban J connectivity index is 2.29. The SMILES string of the molecule is CN(Cc1nccn1C)S(=O)(=O)c1ccc(O)c(N)c1. The van der Waals surface area contributed by atoms with E-state index in [1.807, 2.05) is 0 Å². The van der Waals surface area contributed by atoms with Crippen molar-refractivity contribution in [3.05, 3.63) is 36.4 Å². The van der Waals surface area contributed by atoms with E-state index in [0.717, 1.165) is 0 Å². The van der Waals surface area contributed by atoms with Crippen LogP contribution in [0.4, 0.5) is 5.69 Å². The molecule has 0 saturated heterocycles. The fourth-order valence-electron chi connectivity index (χ4n) is 1.71. The van der Waals surface area contributed by atoms with Crippen LogP contribution < -0.4 is 5.73 Å². The normalized spacial score (nSPS) is 11.9. The first-order chi connectivity index (χ1) is 9.32. The van der Waals surface area contributed by atoms with Crippen LogP contribution in [0.3, 0.4) is 0 Å². The van der Waals surface area contributed by atoms with Gasteiger partial charge in [0, 0.05) is 26.5 Å². The van der Waals surface area contributed by atoms with Crippen LogP contribution in [0.5, 0.6) is 5.75 Å². The summed E-state index contributed by atoms with van der Waals surface area (Å²) in [4.78, 5) is 4.12. The minimum atomic E-state index is -3.68. The molecule has 0 aliphatic rings. The van der Waals surface area contributed by atoms with E-state index in [-0.39, 0.29) is 22.9 Å². The number of hydrogen-bond acceptors (Lipinski definition) is 5. The molecule has 1 aromatic carbocycles. The second kappa shape index (κ2) is 5.14. The number of nitrogens with zero attached hydrogens (tertiary/aromatic N) is 3. The van der Waals surface area contributed by atoms with Crippen molar-refractivity contribution < 1.29 is 13.5 Å². The molecular formula is C12H16N4O3S. The molecule has 0 aliphatic heterocycles. The van der Waals surface area contributed by atoms with Crippen molar-refractivity contribution in [1.82, 2.24) is 13.9 Å². The number of rotatable bonds is 4. The number of phenolic OH excluding ortho intramolecular Hbond substituents is 1. The molecule has 108 valence electrons. The standard InChI is InChI=1S/C12H16N4O3S/c1-15-6-5-14-12(15)8-16(2)20(18,19)9-3-4-11(17)10(13)7-9/h3-7,17H,8,13H2,1-2H3. The average molecular weight is 296 g/mol. The molecule has 0 amide bonds. The third-order valence-corrected chi connectivity index (χ3v) is 4.79. The monoisotopic (exact) mass is 296 g/mol. The van der Waals surface area contributed by atoms with Gasteiger partial charge in [-0.25, -0.2) is 13.4 Å². The van der Waals surface area contributed by atoms with Gasteiger partial charge in [0.2, 0.25) is 10.0 Å². The number of hydrogen-bond donors (Lipinski definition) is 2. The van der Waals surface area contributed by atoms with Gasteiger partial charge in [-0.2, -0.15) is 4.31 Å². The topological polar surface area (TPSA) is 101 Å². The largest absolute Gasteiger partial charge is 0.506 e. The first kappa shape index (κ1) is 14.4. The zero-order valence-electron chi connectivity index (χ0n) is 11.2. The van der Waals surface area contributed by atoms with Crippen LogP contribution in [0.1, 0.15) is 5.82 Å². The maximum atomic E-state index is 12.4. The third-order valence-electron chi connectivity index (χ3n) is 2.99. The van der Waals surface area contributed by atoms with Gasteiger partial charge in [-0.15, -0.1) is 0 Å². The Labute approximate surface area is 117 Å². The van der Waals surface area contributed by atoms with Crippen molar-refractivity contribution >= 4 is 15.7 Å². The van der Waals surface area contributed by atoms with Crippen LogP contribution in [-0.4, -0.2) is 34.4 Å². The van der Waals surface area contributed by atoms with Crippen LogP contribution in [0.25, 0.3) is 0 Å². The minimum absolute atomic E-state index is 0.0245. The van der Waals surface area contributed by atoms with Gasteiger partial charge in [-0.05, 0) is 18.2 Å². The summed E-state index contributed by atoms with van der Waals surface area (Å²) in [7, 11) is -0.424. The van der Waals surface area contributed by atoms with Crippen LogP contribution in [0, 0.1) is 0 Å². The van der Waals surface area contributed by atoms with Gasteiger partial charge in [0.1, 0.15) is 11.6 Å². The molecule has 0 bridgehead atoms. The quantitative estimate of drug-likeness (QED) is 0.633. The summed E-state index contributed by atoms with van der Waals surface area (Å²) < 4.78 is 27.7. The van der Waals surface area contributed by atoms with E-state index < -0.39 is 10.0 Å². The van der Waals surface area contributed by atoms with Gasteiger partial charge in [0.25, 0.3) is 0 Å². The highest BCUT2D eigenvalue weighted by Gasteiger charge is 2.22. The predicted octanol–water partition coefficient (Wildman–Crippen LogP) is 0.529. The van der Waals surface area contributed by atoms with Crippen molar-refractivity contribution in [3.8, 4) is 5.75 Å². The summed E-state index contributed by atoms with van der Waals surface area (Å²) in [6, 6.07) is 3.81. The molecule has 2 aromatic rings. The maximum absolute atomic E-state index is 12.4. The number of aromatic hydroxyl groups is 1. The zero-order chi connectivity index (χ0) is 14.9.